The van der Waals surface area contributed by atoms with E-state index in [0.717, 1.165) is 9.39 Å². The van der Waals surface area contributed by atoms with Gasteiger partial charge >= 0.3 is 0 Å². The number of benzene rings is 2. The number of methoxy groups -OCH3 is 2. The molecule has 0 aliphatic carbocycles. The minimum Gasteiger partial charge on any atom is -0.493 e. The van der Waals surface area contributed by atoms with E-state index in [4.69, 9.17) is 14.2 Å². The summed E-state index contributed by atoms with van der Waals surface area (Å²) in [7, 11) is 5.01. The van der Waals surface area contributed by atoms with Gasteiger partial charge in [0.15, 0.2) is 11.5 Å². The molecule has 0 atom stereocenters. The van der Waals surface area contributed by atoms with Crippen molar-refractivity contribution in [1.29, 1.82) is 0 Å². The predicted molar refractivity (Wildman–Crippen MR) is 114 cm³/mol. The summed E-state index contributed by atoms with van der Waals surface area (Å²) in [5.74, 6) is 2.39. The summed E-state index contributed by atoms with van der Waals surface area (Å²) < 4.78 is 18.9. The Morgan fingerprint density at radius 1 is 1.14 bits per heavy atom. The number of hydrogen-bond donors (Lipinski definition) is 1. The van der Waals surface area contributed by atoms with Gasteiger partial charge in [-0.2, -0.15) is 0 Å². The zero-order valence-corrected chi connectivity index (χ0v) is 17.9. The maximum Gasteiger partial charge on any atom is 0.256 e. The van der Waals surface area contributed by atoms with Crippen LogP contribution < -0.4 is 19.5 Å². The van der Waals surface area contributed by atoms with Gasteiger partial charge in [-0.1, -0.05) is 0 Å². The van der Waals surface area contributed by atoms with Crippen LogP contribution in [0.15, 0.2) is 48.8 Å². The maximum absolute atomic E-state index is 12.7. The quantitative estimate of drug-likeness (QED) is 0.506. The van der Waals surface area contributed by atoms with Crippen molar-refractivity contribution in [3.8, 4) is 17.2 Å². The van der Waals surface area contributed by atoms with Gasteiger partial charge in [-0.05, 0) is 59.0 Å². The number of aryl methyl sites for hydroxylation is 1. The van der Waals surface area contributed by atoms with Crippen LogP contribution in [0.5, 0.6) is 17.2 Å². The highest BCUT2D eigenvalue weighted by molar-refractivity contribution is 14.1. The number of anilines is 1. The van der Waals surface area contributed by atoms with Gasteiger partial charge in [-0.25, -0.2) is 4.98 Å². The Morgan fingerprint density at radius 2 is 1.82 bits per heavy atom. The number of amides is 1. The van der Waals surface area contributed by atoms with Crippen LogP contribution in [0.25, 0.3) is 0 Å². The molecule has 0 aliphatic rings. The molecule has 3 rings (SSSR count). The molecule has 0 bridgehead atoms. The summed E-state index contributed by atoms with van der Waals surface area (Å²) in [6.45, 7) is 0.374. The lowest BCUT2D eigenvalue weighted by Gasteiger charge is -2.12. The summed E-state index contributed by atoms with van der Waals surface area (Å²) in [6, 6.07) is 10.6. The second kappa shape index (κ2) is 8.96. The van der Waals surface area contributed by atoms with Gasteiger partial charge in [0.2, 0.25) is 0 Å². The topological polar surface area (TPSA) is 74.6 Å². The Kier molecular flexibility index (Phi) is 6.40. The van der Waals surface area contributed by atoms with E-state index >= 15 is 0 Å². The van der Waals surface area contributed by atoms with E-state index in [2.05, 4.69) is 32.9 Å². The number of carbonyl (C=O) groups is 1. The smallest absolute Gasteiger partial charge is 0.256 e. The largest absolute Gasteiger partial charge is 0.493 e. The first-order chi connectivity index (χ1) is 13.5. The predicted octanol–water partition coefficient (Wildman–Crippen LogP) is 3.87. The molecule has 0 aliphatic heterocycles. The molecule has 28 heavy (non-hydrogen) atoms. The van der Waals surface area contributed by atoms with Crippen molar-refractivity contribution in [2.45, 2.75) is 6.61 Å². The summed E-state index contributed by atoms with van der Waals surface area (Å²) in [4.78, 5) is 16.9. The Balaban J connectivity index is 1.67. The Hall–Kier alpha value is -2.75. The number of nitrogens with one attached hydrogen (secondary N) is 1. The van der Waals surface area contributed by atoms with Crippen molar-refractivity contribution in [3.05, 3.63) is 63.7 Å². The SMILES string of the molecule is COc1cc(I)c(C(=O)Nc2ccc(OCc3nccn3C)cc2)cc1OC. The van der Waals surface area contributed by atoms with Crippen molar-refractivity contribution in [2.75, 3.05) is 19.5 Å². The van der Waals surface area contributed by atoms with Crippen molar-refractivity contribution < 1.29 is 19.0 Å². The molecule has 146 valence electrons. The second-order valence-corrected chi connectivity index (χ2v) is 7.07. The minimum absolute atomic E-state index is 0.230. The standard InChI is InChI=1S/C20H20IN3O4/c1-24-9-8-22-19(24)12-28-14-6-4-13(5-7-14)23-20(25)15-10-17(26-2)18(27-3)11-16(15)21/h4-11H,12H2,1-3H3,(H,23,25). The first-order valence-corrected chi connectivity index (χ1v) is 9.51. The van der Waals surface area contributed by atoms with Crippen LogP contribution in [0.4, 0.5) is 5.69 Å². The van der Waals surface area contributed by atoms with Crippen molar-refractivity contribution in [1.82, 2.24) is 9.55 Å². The molecule has 0 spiro atoms. The summed E-state index contributed by atoms with van der Waals surface area (Å²) in [6.07, 6.45) is 3.60. The zero-order valence-electron chi connectivity index (χ0n) is 15.7. The van der Waals surface area contributed by atoms with Gasteiger partial charge in [-0.3, -0.25) is 4.79 Å². The summed E-state index contributed by atoms with van der Waals surface area (Å²) in [5.41, 5.74) is 1.17. The summed E-state index contributed by atoms with van der Waals surface area (Å²) >= 11 is 2.10. The third-order valence-corrected chi connectivity index (χ3v) is 5.01. The molecule has 1 aromatic heterocycles. The number of ether oxygens (including phenoxy) is 3. The average molecular weight is 493 g/mol. The van der Waals surface area contributed by atoms with Gasteiger partial charge in [0.25, 0.3) is 5.91 Å². The molecule has 0 fully saturated rings. The normalized spacial score (nSPS) is 10.4. The number of hydrogen-bond acceptors (Lipinski definition) is 5. The van der Waals surface area contributed by atoms with E-state index in [1.165, 1.54) is 7.11 Å². The lowest BCUT2D eigenvalue weighted by molar-refractivity contribution is 0.102. The highest BCUT2D eigenvalue weighted by atomic mass is 127. The van der Waals surface area contributed by atoms with E-state index in [9.17, 15) is 4.79 Å². The zero-order chi connectivity index (χ0) is 20.1. The number of rotatable bonds is 7. The minimum atomic E-state index is -0.230. The van der Waals surface area contributed by atoms with Crippen LogP contribution in [0.3, 0.4) is 0 Å². The number of imidazole rings is 1. The molecule has 0 saturated carbocycles. The van der Waals surface area contributed by atoms with E-state index in [-0.39, 0.29) is 5.91 Å². The highest BCUT2D eigenvalue weighted by Crippen LogP contribution is 2.31. The fraction of sp³-hybridized carbons (Fsp3) is 0.200. The van der Waals surface area contributed by atoms with Gasteiger partial charge < -0.3 is 24.1 Å². The van der Waals surface area contributed by atoms with Gasteiger partial charge in [0.05, 0.1) is 19.8 Å². The van der Waals surface area contributed by atoms with E-state index < -0.39 is 0 Å². The molecule has 2 aromatic carbocycles. The van der Waals surface area contributed by atoms with Crippen molar-refractivity contribution in [3.63, 3.8) is 0 Å². The van der Waals surface area contributed by atoms with Gasteiger partial charge in [-0.15, -0.1) is 0 Å². The average Bonchev–Trinajstić information content (AvgIpc) is 3.11. The molecule has 0 radical (unpaired) electrons. The maximum atomic E-state index is 12.7. The monoisotopic (exact) mass is 493 g/mol. The van der Waals surface area contributed by atoms with E-state index in [0.29, 0.717) is 35.1 Å². The highest BCUT2D eigenvalue weighted by Gasteiger charge is 2.15. The van der Waals surface area contributed by atoms with Crippen LogP contribution in [-0.2, 0) is 13.7 Å². The molecule has 0 unspecified atom stereocenters. The molecule has 3 aromatic rings. The molecule has 1 N–H and O–H groups in total. The molecule has 1 heterocycles. The third-order valence-electron chi connectivity index (χ3n) is 4.12. The number of halogens is 1. The van der Waals surface area contributed by atoms with Gasteiger partial charge in [0, 0.05) is 28.7 Å². The first kappa shape index (κ1) is 20.0. The van der Waals surface area contributed by atoms with Crippen LogP contribution in [-0.4, -0.2) is 29.7 Å². The van der Waals surface area contributed by atoms with E-state index in [1.807, 2.05) is 17.8 Å². The van der Waals surface area contributed by atoms with E-state index in [1.54, 1.807) is 49.7 Å². The lowest BCUT2D eigenvalue weighted by atomic mass is 10.2. The fourth-order valence-electron chi connectivity index (χ4n) is 2.54. The molecule has 7 nitrogen and oxygen atoms in total. The molecule has 0 saturated heterocycles. The summed E-state index contributed by atoms with van der Waals surface area (Å²) in [5, 5.41) is 2.88. The first-order valence-electron chi connectivity index (χ1n) is 8.43. The number of carbonyl (C=O) groups excluding carboxylic acids is 1. The molecular formula is C20H20IN3O4. The second-order valence-electron chi connectivity index (χ2n) is 5.91. The van der Waals surface area contributed by atoms with Crippen LogP contribution >= 0.6 is 22.6 Å². The fourth-order valence-corrected chi connectivity index (χ4v) is 3.23. The van der Waals surface area contributed by atoms with Crippen LogP contribution in [0.2, 0.25) is 0 Å². The van der Waals surface area contributed by atoms with Crippen molar-refractivity contribution >= 4 is 34.2 Å². The number of nitrogens with zero attached hydrogens (tertiary/aromatic N) is 2. The Morgan fingerprint density at radius 3 is 2.43 bits per heavy atom. The molecule has 8 heteroatoms. The Labute approximate surface area is 176 Å². The molecular weight excluding hydrogens is 473 g/mol. The molecule has 1 amide bonds. The third kappa shape index (κ3) is 4.56. The Bertz CT molecular complexity index is 970. The van der Waals surface area contributed by atoms with Crippen molar-refractivity contribution in [2.24, 2.45) is 7.05 Å². The van der Waals surface area contributed by atoms with Crippen LogP contribution in [0, 0.1) is 3.57 Å². The lowest BCUT2D eigenvalue weighted by Crippen LogP contribution is -2.14. The van der Waals surface area contributed by atoms with Crippen LogP contribution in [0.1, 0.15) is 16.2 Å². The van der Waals surface area contributed by atoms with Gasteiger partial charge in [0.1, 0.15) is 18.2 Å². The number of aromatic nitrogens is 2.